The normalized spacial score (nSPS) is 15.4. The summed E-state index contributed by atoms with van der Waals surface area (Å²) < 4.78 is 13.8. The topological polar surface area (TPSA) is 20.3 Å². The third kappa shape index (κ3) is 3.45. The number of carbonyl (C=O) groups excluding carboxylic acids is 1. The van der Waals surface area contributed by atoms with Crippen LogP contribution in [-0.2, 0) is 4.79 Å². The fraction of sp³-hybridized carbons (Fsp3) is 0.278. The molecule has 22 heavy (non-hydrogen) atoms. The molecule has 0 unspecified atom stereocenters. The maximum absolute atomic E-state index is 13.8. The molecule has 1 aliphatic heterocycles. The van der Waals surface area contributed by atoms with Gasteiger partial charge in [0.05, 0.1) is 0 Å². The Kier molecular flexibility index (Phi) is 4.68. The highest BCUT2D eigenvalue weighted by molar-refractivity contribution is 7.16. The van der Waals surface area contributed by atoms with E-state index in [9.17, 15) is 9.18 Å². The maximum atomic E-state index is 13.8. The lowest BCUT2D eigenvalue weighted by Gasteiger charge is -2.25. The van der Waals surface area contributed by atoms with Crippen molar-refractivity contribution in [2.24, 2.45) is 0 Å². The Labute approximate surface area is 133 Å². The molecule has 0 radical (unpaired) electrons. The maximum Gasteiger partial charge on any atom is 0.246 e. The number of amides is 1. The first kappa shape index (κ1) is 15.0. The first-order valence-corrected chi connectivity index (χ1v) is 8.37. The molecule has 2 nitrogen and oxygen atoms in total. The molecule has 0 N–H and O–H groups in total. The van der Waals surface area contributed by atoms with E-state index in [1.807, 2.05) is 29.2 Å². The predicted molar refractivity (Wildman–Crippen MR) is 89.2 cm³/mol. The van der Waals surface area contributed by atoms with E-state index in [2.05, 4.69) is 0 Å². The zero-order chi connectivity index (χ0) is 15.4. The van der Waals surface area contributed by atoms with E-state index in [4.69, 9.17) is 0 Å². The van der Waals surface area contributed by atoms with E-state index >= 15 is 0 Å². The average molecular weight is 315 g/mol. The number of thiophene rings is 1. The second kappa shape index (κ2) is 6.88. The minimum atomic E-state index is -0.218. The molecule has 4 heteroatoms. The molecular weight excluding hydrogens is 297 g/mol. The lowest BCUT2D eigenvalue weighted by atomic mass is 10.1. The summed E-state index contributed by atoms with van der Waals surface area (Å²) in [7, 11) is 0. The van der Waals surface area contributed by atoms with Gasteiger partial charge in [0.1, 0.15) is 5.82 Å². The Balaban J connectivity index is 1.70. The van der Waals surface area contributed by atoms with Crippen LogP contribution in [0.4, 0.5) is 4.39 Å². The third-order valence-electron chi connectivity index (χ3n) is 3.82. The van der Waals surface area contributed by atoms with Crippen molar-refractivity contribution in [3.05, 3.63) is 53.2 Å². The van der Waals surface area contributed by atoms with Crippen molar-refractivity contribution < 1.29 is 9.18 Å². The van der Waals surface area contributed by atoms with Crippen LogP contribution >= 0.6 is 11.3 Å². The average Bonchev–Trinajstić information content (AvgIpc) is 3.02. The molecule has 0 atom stereocenters. The van der Waals surface area contributed by atoms with Crippen LogP contribution in [0.3, 0.4) is 0 Å². The van der Waals surface area contributed by atoms with Gasteiger partial charge in [-0.2, -0.15) is 0 Å². The van der Waals surface area contributed by atoms with E-state index in [-0.39, 0.29) is 11.7 Å². The molecule has 0 aliphatic carbocycles. The highest BCUT2D eigenvalue weighted by Crippen LogP contribution is 2.30. The van der Waals surface area contributed by atoms with Crippen LogP contribution < -0.4 is 0 Å². The molecule has 0 bridgehead atoms. The zero-order valence-corrected chi connectivity index (χ0v) is 13.1. The molecule has 2 aromatic rings. The number of piperidine rings is 1. The van der Waals surface area contributed by atoms with Gasteiger partial charge in [0, 0.05) is 34.5 Å². The smallest absolute Gasteiger partial charge is 0.246 e. The van der Waals surface area contributed by atoms with Crippen molar-refractivity contribution in [3.8, 4) is 10.4 Å². The summed E-state index contributed by atoms with van der Waals surface area (Å²) in [6.45, 7) is 1.71. The number of likely N-dealkylation sites (tertiary alicyclic amines) is 1. The summed E-state index contributed by atoms with van der Waals surface area (Å²) in [5, 5.41) is 0. The van der Waals surface area contributed by atoms with Gasteiger partial charge in [-0.15, -0.1) is 11.3 Å². The molecule has 1 amide bonds. The van der Waals surface area contributed by atoms with Crippen LogP contribution in [0.1, 0.15) is 24.1 Å². The van der Waals surface area contributed by atoms with Gasteiger partial charge in [-0.05, 0) is 43.5 Å². The van der Waals surface area contributed by atoms with Gasteiger partial charge in [0.2, 0.25) is 5.91 Å². The molecule has 1 aromatic heterocycles. The van der Waals surface area contributed by atoms with E-state index in [1.165, 1.54) is 23.8 Å². The van der Waals surface area contributed by atoms with Crippen LogP contribution in [0.25, 0.3) is 16.5 Å². The van der Waals surface area contributed by atoms with Crippen molar-refractivity contribution in [1.29, 1.82) is 0 Å². The minimum Gasteiger partial charge on any atom is -0.339 e. The van der Waals surface area contributed by atoms with Crippen LogP contribution in [-0.4, -0.2) is 23.9 Å². The summed E-state index contributed by atoms with van der Waals surface area (Å²) >= 11 is 1.49. The van der Waals surface area contributed by atoms with Crippen molar-refractivity contribution >= 4 is 23.3 Å². The predicted octanol–water partition coefficient (Wildman–Crippen LogP) is 4.58. The molecule has 1 aromatic carbocycles. The quantitative estimate of drug-likeness (QED) is 0.759. The summed E-state index contributed by atoms with van der Waals surface area (Å²) in [5.41, 5.74) is 0.606. The van der Waals surface area contributed by atoms with Gasteiger partial charge in [-0.3, -0.25) is 4.79 Å². The van der Waals surface area contributed by atoms with Gasteiger partial charge >= 0.3 is 0 Å². The van der Waals surface area contributed by atoms with E-state index in [0.717, 1.165) is 35.7 Å². The van der Waals surface area contributed by atoms with E-state index in [1.54, 1.807) is 18.2 Å². The van der Waals surface area contributed by atoms with Crippen LogP contribution in [0.2, 0.25) is 0 Å². The molecule has 1 fully saturated rings. The molecule has 0 spiro atoms. The highest BCUT2D eigenvalue weighted by Gasteiger charge is 2.13. The lowest BCUT2D eigenvalue weighted by molar-refractivity contribution is -0.126. The Bertz CT molecular complexity index is 686. The number of nitrogens with zero attached hydrogens (tertiary/aromatic N) is 1. The Morgan fingerprint density at radius 3 is 2.64 bits per heavy atom. The van der Waals surface area contributed by atoms with Crippen LogP contribution in [0, 0.1) is 5.82 Å². The van der Waals surface area contributed by atoms with Gasteiger partial charge in [-0.1, -0.05) is 18.2 Å². The molecule has 1 saturated heterocycles. The highest BCUT2D eigenvalue weighted by atomic mass is 32.1. The van der Waals surface area contributed by atoms with Crippen molar-refractivity contribution in [1.82, 2.24) is 4.90 Å². The lowest BCUT2D eigenvalue weighted by Crippen LogP contribution is -2.34. The molecule has 1 aliphatic rings. The standard InChI is InChI=1S/C18H18FNOS/c19-16-7-3-2-6-15(16)17-10-8-14(22-17)9-11-18(21)20-12-4-1-5-13-20/h2-3,6-11H,1,4-5,12-13H2/b11-9+. The second-order valence-corrected chi connectivity index (χ2v) is 6.52. The molecular formula is C18H18FNOS. The molecule has 2 heterocycles. The van der Waals surface area contributed by atoms with E-state index < -0.39 is 0 Å². The summed E-state index contributed by atoms with van der Waals surface area (Å²) in [6, 6.07) is 10.6. The fourth-order valence-corrected chi connectivity index (χ4v) is 3.56. The zero-order valence-electron chi connectivity index (χ0n) is 12.3. The largest absolute Gasteiger partial charge is 0.339 e. The Hall–Kier alpha value is -1.94. The summed E-state index contributed by atoms with van der Waals surface area (Å²) in [5.74, 6) is -0.148. The molecule has 3 rings (SSSR count). The number of rotatable bonds is 3. The summed E-state index contributed by atoms with van der Waals surface area (Å²) in [4.78, 5) is 15.8. The van der Waals surface area contributed by atoms with Crippen molar-refractivity contribution in [2.45, 2.75) is 19.3 Å². The number of halogens is 1. The fourth-order valence-electron chi connectivity index (χ4n) is 2.62. The first-order chi connectivity index (χ1) is 10.7. The van der Waals surface area contributed by atoms with E-state index in [0.29, 0.717) is 5.56 Å². The minimum absolute atomic E-state index is 0.0699. The first-order valence-electron chi connectivity index (χ1n) is 7.56. The van der Waals surface area contributed by atoms with Gasteiger partial charge in [-0.25, -0.2) is 4.39 Å². The monoisotopic (exact) mass is 315 g/mol. The van der Waals surface area contributed by atoms with Crippen molar-refractivity contribution in [2.75, 3.05) is 13.1 Å². The third-order valence-corrected chi connectivity index (χ3v) is 4.91. The number of benzene rings is 1. The second-order valence-electron chi connectivity index (χ2n) is 5.40. The number of hydrogen-bond donors (Lipinski definition) is 0. The number of carbonyl (C=O) groups is 1. The number of hydrogen-bond acceptors (Lipinski definition) is 2. The van der Waals surface area contributed by atoms with Gasteiger partial charge < -0.3 is 4.90 Å². The van der Waals surface area contributed by atoms with Gasteiger partial charge in [0.25, 0.3) is 0 Å². The summed E-state index contributed by atoms with van der Waals surface area (Å²) in [6.07, 6.45) is 6.85. The SMILES string of the molecule is O=C(/C=C/c1ccc(-c2ccccc2F)s1)N1CCCCC1. The molecule has 0 saturated carbocycles. The molecule has 114 valence electrons. The van der Waals surface area contributed by atoms with Gasteiger partial charge in [0.15, 0.2) is 0 Å². The Morgan fingerprint density at radius 1 is 1.09 bits per heavy atom. The Morgan fingerprint density at radius 2 is 1.86 bits per heavy atom. The van der Waals surface area contributed by atoms with Crippen LogP contribution in [0.5, 0.6) is 0 Å². The van der Waals surface area contributed by atoms with Crippen molar-refractivity contribution in [3.63, 3.8) is 0 Å². The van der Waals surface area contributed by atoms with Crippen LogP contribution in [0.15, 0.2) is 42.5 Å².